The maximum absolute atomic E-state index is 9.90. The van der Waals surface area contributed by atoms with Gasteiger partial charge in [-0.3, -0.25) is 4.99 Å². The molecule has 3 aromatic carbocycles. The molecule has 0 aliphatic carbocycles. The van der Waals surface area contributed by atoms with Crippen molar-refractivity contribution in [2.45, 2.75) is 13.8 Å². The number of nitrogens with zero attached hydrogens (tertiary/aromatic N) is 1. The highest BCUT2D eigenvalue weighted by molar-refractivity contribution is 5.95. The van der Waals surface area contributed by atoms with Crippen molar-refractivity contribution in [2.24, 2.45) is 4.99 Å². The van der Waals surface area contributed by atoms with Gasteiger partial charge in [-0.05, 0) is 49.2 Å². The lowest BCUT2D eigenvalue weighted by Crippen LogP contribution is -1.94. The zero-order chi connectivity index (χ0) is 18.8. The Morgan fingerprint density at radius 3 is 2.44 bits per heavy atom. The van der Waals surface area contributed by atoms with Crippen LogP contribution in [-0.4, -0.2) is 11.3 Å². The monoisotopic (exact) mass is 356 g/mol. The van der Waals surface area contributed by atoms with E-state index >= 15 is 0 Å². The summed E-state index contributed by atoms with van der Waals surface area (Å²) in [6, 6.07) is 21.0. The number of anilines is 2. The van der Waals surface area contributed by atoms with Gasteiger partial charge in [0.05, 0.1) is 5.69 Å². The van der Waals surface area contributed by atoms with Gasteiger partial charge in [0.25, 0.3) is 0 Å². The third-order valence-corrected chi connectivity index (χ3v) is 4.55. The van der Waals surface area contributed by atoms with Crippen molar-refractivity contribution in [3.05, 3.63) is 83.4 Å². The summed E-state index contributed by atoms with van der Waals surface area (Å²) in [7, 11) is 0. The summed E-state index contributed by atoms with van der Waals surface area (Å²) in [5, 5.41) is 14.2. The second-order valence-electron chi connectivity index (χ2n) is 6.51. The fourth-order valence-corrected chi connectivity index (χ4v) is 3.09. The fourth-order valence-electron chi connectivity index (χ4n) is 3.09. The number of hydrogen-bond acceptors (Lipinski definition) is 4. The van der Waals surface area contributed by atoms with E-state index in [0.29, 0.717) is 11.4 Å². The predicted molar refractivity (Wildman–Crippen MR) is 111 cm³/mol. The van der Waals surface area contributed by atoms with Crippen LogP contribution in [0.2, 0.25) is 0 Å². The largest absolute Gasteiger partial charge is 0.507 e. The number of aromatic hydroxyl groups is 1. The summed E-state index contributed by atoms with van der Waals surface area (Å²) in [5.74, 6) is 0.880. The SMILES string of the molecule is Cc1cccc(C)c1Nc1cc2c(N=Cc3ccccc3O)cccc2o1. The van der Waals surface area contributed by atoms with Crippen LogP contribution < -0.4 is 5.32 Å². The second-order valence-corrected chi connectivity index (χ2v) is 6.51. The van der Waals surface area contributed by atoms with Gasteiger partial charge in [0.15, 0.2) is 5.88 Å². The van der Waals surface area contributed by atoms with Crippen LogP contribution in [0.1, 0.15) is 16.7 Å². The molecule has 0 spiro atoms. The molecule has 0 amide bonds. The Hall–Kier alpha value is -3.53. The molecule has 134 valence electrons. The zero-order valence-corrected chi connectivity index (χ0v) is 15.2. The van der Waals surface area contributed by atoms with E-state index in [4.69, 9.17) is 4.42 Å². The molecule has 4 heteroatoms. The lowest BCUT2D eigenvalue weighted by molar-refractivity contribution is 0.474. The molecule has 1 aromatic heterocycles. The molecule has 0 aliphatic rings. The number of para-hydroxylation sites is 2. The van der Waals surface area contributed by atoms with Crippen LogP contribution in [0, 0.1) is 13.8 Å². The Kier molecular flexibility index (Phi) is 4.38. The van der Waals surface area contributed by atoms with Crippen LogP contribution in [0.25, 0.3) is 11.0 Å². The summed E-state index contributed by atoms with van der Waals surface area (Å²) in [5.41, 5.74) is 5.59. The first kappa shape index (κ1) is 16.9. The third-order valence-electron chi connectivity index (χ3n) is 4.55. The minimum absolute atomic E-state index is 0.206. The molecule has 0 aliphatic heterocycles. The molecule has 0 saturated carbocycles. The van der Waals surface area contributed by atoms with Crippen molar-refractivity contribution in [2.75, 3.05) is 5.32 Å². The van der Waals surface area contributed by atoms with E-state index in [1.54, 1.807) is 18.3 Å². The van der Waals surface area contributed by atoms with Gasteiger partial charge >= 0.3 is 0 Å². The second kappa shape index (κ2) is 7.00. The number of furan rings is 1. The zero-order valence-electron chi connectivity index (χ0n) is 15.2. The van der Waals surface area contributed by atoms with Crippen LogP contribution in [0.5, 0.6) is 5.75 Å². The quantitative estimate of drug-likeness (QED) is 0.425. The Morgan fingerprint density at radius 2 is 1.67 bits per heavy atom. The van der Waals surface area contributed by atoms with Gasteiger partial charge in [-0.15, -0.1) is 0 Å². The summed E-state index contributed by atoms with van der Waals surface area (Å²) in [6.45, 7) is 4.14. The topological polar surface area (TPSA) is 57.8 Å². The van der Waals surface area contributed by atoms with Crippen molar-refractivity contribution in [1.82, 2.24) is 0 Å². The fraction of sp³-hybridized carbons (Fsp3) is 0.0870. The molecule has 1 heterocycles. The summed E-state index contributed by atoms with van der Waals surface area (Å²) in [4.78, 5) is 4.55. The number of hydrogen-bond donors (Lipinski definition) is 2. The number of fused-ring (bicyclic) bond motifs is 1. The normalized spacial score (nSPS) is 11.3. The van der Waals surface area contributed by atoms with Crippen molar-refractivity contribution in [3.8, 4) is 5.75 Å². The number of rotatable bonds is 4. The molecule has 0 saturated heterocycles. The van der Waals surface area contributed by atoms with Gasteiger partial charge in [0.2, 0.25) is 0 Å². The number of nitrogens with one attached hydrogen (secondary N) is 1. The van der Waals surface area contributed by atoms with E-state index in [9.17, 15) is 5.11 Å². The molecular formula is C23H20N2O2. The maximum atomic E-state index is 9.90. The van der Waals surface area contributed by atoms with Crippen molar-refractivity contribution in [3.63, 3.8) is 0 Å². The van der Waals surface area contributed by atoms with Gasteiger partial charge < -0.3 is 14.8 Å². The van der Waals surface area contributed by atoms with E-state index in [1.807, 2.05) is 42.5 Å². The molecule has 0 atom stereocenters. The Bertz CT molecular complexity index is 1120. The lowest BCUT2D eigenvalue weighted by Gasteiger charge is -2.09. The Morgan fingerprint density at radius 1 is 0.926 bits per heavy atom. The van der Waals surface area contributed by atoms with Gasteiger partial charge in [-0.25, -0.2) is 0 Å². The molecule has 0 unspecified atom stereocenters. The maximum Gasteiger partial charge on any atom is 0.198 e. The van der Waals surface area contributed by atoms with Crippen molar-refractivity contribution < 1.29 is 9.52 Å². The Labute approximate surface area is 157 Å². The highest BCUT2D eigenvalue weighted by Crippen LogP contribution is 2.34. The Balaban J connectivity index is 1.69. The average Bonchev–Trinajstić information content (AvgIpc) is 3.07. The number of aliphatic imine (C=N–C) groups is 1. The van der Waals surface area contributed by atoms with Gasteiger partial charge in [0, 0.05) is 28.9 Å². The first-order valence-corrected chi connectivity index (χ1v) is 8.80. The average molecular weight is 356 g/mol. The molecule has 27 heavy (non-hydrogen) atoms. The van der Waals surface area contributed by atoms with Crippen LogP contribution >= 0.6 is 0 Å². The van der Waals surface area contributed by atoms with Crippen molar-refractivity contribution >= 4 is 34.4 Å². The predicted octanol–water partition coefficient (Wildman–Crippen LogP) is 6.25. The minimum atomic E-state index is 0.206. The van der Waals surface area contributed by atoms with Gasteiger partial charge in [-0.1, -0.05) is 36.4 Å². The molecule has 4 aromatic rings. The first-order chi connectivity index (χ1) is 13.1. The van der Waals surface area contributed by atoms with E-state index in [-0.39, 0.29) is 5.75 Å². The van der Waals surface area contributed by atoms with Gasteiger partial charge in [-0.2, -0.15) is 0 Å². The van der Waals surface area contributed by atoms with E-state index in [0.717, 1.165) is 33.5 Å². The van der Waals surface area contributed by atoms with E-state index < -0.39 is 0 Å². The van der Waals surface area contributed by atoms with Gasteiger partial charge in [0.1, 0.15) is 11.3 Å². The number of benzene rings is 3. The number of phenolic OH excluding ortho intramolecular Hbond substituents is 1. The van der Waals surface area contributed by atoms with Crippen molar-refractivity contribution in [1.29, 1.82) is 0 Å². The first-order valence-electron chi connectivity index (χ1n) is 8.80. The van der Waals surface area contributed by atoms with Crippen LogP contribution in [0.4, 0.5) is 17.3 Å². The highest BCUT2D eigenvalue weighted by atomic mass is 16.3. The third kappa shape index (κ3) is 3.42. The van der Waals surface area contributed by atoms with E-state index in [1.165, 1.54) is 0 Å². The summed E-state index contributed by atoms with van der Waals surface area (Å²) < 4.78 is 5.96. The highest BCUT2D eigenvalue weighted by Gasteiger charge is 2.10. The summed E-state index contributed by atoms with van der Waals surface area (Å²) >= 11 is 0. The summed E-state index contributed by atoms with van der Waals surface area (Å²) in [6.07, 6.45) is 1.66. The number of phenols is 1. The molecule has 0 radical (unpaired) electrons. The molecule has 0 bridgehead atoms. The molecule has 4 rings (SSSR count). The van der Waals surface area contributed by atoms with Crippen LogP contribution in [-0.2, 0) is 0 Å². The molecule has 0 fully saturated rings. The molecular weight excluding hydrogens is 336 g/mol. The smallest absolute Gasteiger partial charge is 0.198 e. The lowest BCUT2D eigenvalue weighted by atomic mass is 10.1. The van der Waals surface area contributed by atoms with Crippen LogP contribution in [0.15, 0.2) is 76.1 Å². The number of aryl methyl sites for hydroxylation is 2. The van der Waals surface area contributed by atoms with E-state index in [2.05, 4.69) is 36.3 Å². The molecule has 4 nitrogen and oxygen atoms in total. The molecule has 2 N–H and O–H groups in total. The standard InChI is InChI=1S/C23H20N2O2/c1-15-7-5-8-16(2)23(15)25-22-13-18-19(10-6-12-21(18)27-22)24-14-17-9-3-4-11-20(17)26/h3-14,25-26H,1-2H3. The van der Waals surface area contributed by atoms with Crippen LogP contribution in [0.3, 0.4) is 0 Å². The minimum Gasteiger partial charge on any atom is -0.507 e.